The molecule has 0 radical (unpaired) electrons. The van der Waals surface area contributed by atoms with Crippen LogP contribution in [0.15, 0.2) is 36.7 Å². The third kappa shape index (κ3) is 3.47. The Kier molecular flexibility index (Phi) is 3.68. The number of benzene rings is 1. The zero-order valence-electron chi connectivity index (χ0n) is 11.7. The number of ether oxygens (including phenoxy) is 1. The normalized spacial score (nSPS) is 13.6. The lowest BCUT2D eigenvalue weighted by molar-refractivity contribution is 0.0946. The van der Waals surface area contributed by atoms with E-state index in [2.05, 4.69) is 20.6 Å². The molecule has 0 spiro atoms. The van der Waals surface area contributed by atoms with Gasteiger partial charge in [0.15, 0.2) is 0 Å². The van der Waals surface area contributed by atoms with Crippen LogP contribution in [0.2, 0.25) is 0 Å². The maximum atomic E-state index is 12.0. The van der Waals surface area contributed by atoms with E-state index in [1.165, 1.54) is 6.33 Å². The highest BCUT2D eigenvalue weighted by atomic mass is 16.5. The number of carbonyl (C=O) groups excluding carboxylic acids is 1. The molecule has 0 saturated heterocycles. The summed E-state index contributed by atoms with van der Waals surface area (Å²) in [6, 6.07) is 9.43. The number of rotatable bonds is 5. The number of anilines is 2. The largest absolute Gasteiger partial charge is 0.497 e. The van der Waals surface area contributed by atoms with E-state index in [1.807, 2.05) is 24.3 Å². The van der Waals surface area contributed by atoms with Crippen molar-refractivity contribution < 1.29 is 9.53 Å². The third-order valence-corrected chi connectivity index (χ3v) is 3.15. The van der Waals surface area contributed by atoms with Crippen molar-refractivity contribution in [3.8, 4) is 5.75 Å². The second kappa shape index (κ2) is 5.78. The number of nitrogens with one attached hydrogen (secondary N) is 2. The molecule has 3 rings (SSSR count). The van der Waals surface area contributed by atoms with E-state index in [0.29, 0.717) is 17.6 Å². The number of aromatic nitrogens is 2. The molecule has 1 saturated carbocycles. The maximum Gasteiger partial charge on any atom is 0.270 e. The van der Waals surface area contributed by atoms with Gasteiger partial charge in [0.25, 0.3) is 5.91 Å². The Hall–Kier alpha value is -2.63. The predicted octanol–water partition coefficient (Wildman–Crippen LogP) is 2.12. The van der Waals surface area contributed by atoms with Crippen molar-refractivity contribution in [2.24, 2.45) is 0 Å². The number of methoxy groups -OCH3 is 1. The molecular formula is C15H16N4O2. The van der Waals surface area contributed by atoms with Crippen LogP contribution in [0.5, 0.6) is 5.75 Å². The molecular weight excluding hydrogens is 268 g/mol. The van der Waals surface area contributed by atoms with Crippen molar-refractivity contribution >= 4 is 17.4 Å². The van der Waals surface area contributed by atoms with Crippen molar-refractivity contribution in [3.05, 3.63) is 42.4 Å². The predicted molar refractivity (Wildman–Crippen MR) is 78.8 cm³/mol. The van der Waals surface area contributed by atoms with Crippen LogP contribution < -0.4 is 15.4 Å². The van der Waals surface area contributed by atoms with Crippen molar-refractivity contribution in [2.75, 3.05) is 12.4 Å². The van der Waals surface area contributed by atoms with Crippen LogP contribution in [-0.2, 0) is 0 Å². The second-order valence-electron chi connectivity index (χ2n) is 4.89. The van der Waals surface area contributed by atoms with E-state index >= 15 is 0 Å². The number of carbonyl (C=O) groups is 1. The van der Waals surface area contributed by atoms with Gasteiger partial charge in [-0.2, -0.15) is 0 Å². The zero-order valence-corrected chi connectivity index (χ0v) is 11.7. The van der Waals surface area contributed by atoms with E-state index in [9.17, 15) is 4.79 Å². The van der Waals surface area contributed by atoms with Gasteiger partial charge in [-0.25, -0.2) is 9.97 Å². The number of hydrogen-bond donors (Lipinski definition) is 2. The van der Waals surface area contributed by atoms with Gasteiger partial charge in [-0.3, -0.25) is 4.79 Å². The Bertz CT molecular complexity index is 656. The van der Waals surface area contributed by atoms with Crippen molar-refractivity contribution in [2.45, 2.75) is 18.9 Å². The molecule has 2 aromatic rings. The van der Waals surface area contributed by atoms with E-state index in [1.54, 1.807) is 13.2 Å². The number of nitrogens with zero attached hydrogens (tertiary/aromatic N) is 2. The Morgan fingerprint density at radius 3 is 2.90 bits per heavy atom. The first kappa shape index (κ1) is 13.4. The highest BCUT2D eigenvalue weighted by Crippen LogP contribution is 2.21. The fourth-order valence-electron chi connectivity index (χ4n) is 1.89. The fraction of sp³-hybridized carbons (Fsp3) is 0.267. The molecule has 2 N–H and O–H groups in total. The molecule has 1 heterocycles. The molecule has 1 fully saturated rings. The number of amides is 1. The van der Waals surface area contributed by atoms with Crippen LogP contribution in [-0.4, -0.2) is 29.0 Å². The fourth-order valence-corrected chi connectivity index (χ4v) is 1.89. The zero-order chi connectivity index (χ0) is 14.7. The van der Waals surface area contributed by atoms with Gasteiger partial charge in [0.1, 0.15) is 23.6 Å². The molecule has 6 nitrogen and oxygen atoms in total. The molecule has 0 bridgehead atoms. The summed E-state index contributed by atoms with van der Waals surface area (Å²) < 4.78 is 5.17. The van der Waals surface area contributed by atoms with Crippen LogP contribution in [0.3, 0.4) is 0 Å². The summed E-state index contributed by atoms with van der Waals surface area (Å²) in [6.07, 6.45) is 3.47. The number of hydrogen-bond acceptors (Lipinski definition) is 5. The van der Waals surface area contributed by atoms with E-state index < -0.39 is 0 Å². The van der Waals surface area contributed by atoms with Crippen LogP contribution in [0.25, 0.3) is 0 Å². The first-order valence-corrected chi connectivity index (χ1v) is 6.78. The van der Waals surface area contributed by atoms with Crippen LogP contribution >= 0.6 is 0 Å². The molecule has 6 heteroatoms. The summed E-state index contributed by atoms with van der Waals surface area (Å²) in [5.74, 6) is 1.16. The van der Waals surface area contributed by atoms with Crippen LogP contribution in [0.4, 0.5) is 11.5 Å². The van der Waals surface area contributed by atoms with Gasteiger partial charge in [0, 0.05) is 23.9 Å². The highest BCUT2D eigenvalue weighted by molar-refractivity contribution is 5.93. The smallest absolute Gasteiger partial charge is 0.270 e. The molecule has 1 aliphatic rings. The van der Waals surface area contributed by atoms with Gasteiger partial charge < -0.3 is 15.4 Å². The second-order valence-corrected chi connectivity index (χ2v) is 4.89. The van der Waals surface area contributed by atoms with Gasteiger partial charge in [-0.15, -0.1) is 0 Å². The molecule has 1 aromatic carbocycles. The minimum atomic E-state index is -0.159. The Labute approximate surface area is 122 Å². The summed E-state index contributed by atoms with van der Waals surface area (Å²) >= 11 is 0. The quantitative estimate of drug-likeness (QED) is 0.879. The van der Waals surface area contributed by atoms with Gasteiger partial charge in [-0.1, -0.05) is 6.07 Å². The van der Waals surface area contributed by atoms with E-state index in [4.69, 9.17) is 4.74 Å². The molecule has 1 aromatic heterocycles. The topological polar surface area (TPSA) is 76.1 Å². The van der Waals surface area contributed by atoms with E-state index in [-0.39, 0.29) is 5.91 Å². The van der Waals surface area contributed by atoms with Gasteiger partial charge in [-0.05, 0) is 25.0 Å². The lowest BCUT2D eigenvalue weighted by Crippen LogP contribution is -2.26. The average molecular weight is 284 g/mol. The van der Waals surface area contributed by atoms with Crippen molar-refractivity contribution in [3.63, 3.8) is 0 Å². The first-order chi connectivity index (χ1) is 10.2. The summed E-state index contributed by atoms with van der Waals surface area (Å²) in [5.41, 5.74) is 1.20. The Balaban J connectivity index is 1.74. The summed E-state index contributed by atoms with van der Waals surface area (Å²) in [4.78, 5) is 20.1. The Morgan fingerprint density at radius 1 is 1.29 bits per heavy atom. The molecule has 1 amide bonds. The summed E-state index contributed by atoms with van der Waals surface area (Å²) in [6.45, 7) is 0. The molecule has 0 unspecified atom stereocenters. The van der Waals surface area contributed by atoms with E-state index in [0.717, 1.165) is 24.3 Å². The molecule has 21 heavy (non-hydrogen) atoms. The van der Waals surface area contributed by atoms with Crippen molar-refractivity contribution in [1.82, 2.24) is 15.3 Å². The molecule has 0 atom stereocenters. The summed E-state index contributed by atoms with van der Waals surface area (Å²) in [5, 5.41) is 6.03. The van der Waals surface area contributed by atoms with Crippen LogP contribution in [0, 0.1) is 0 Å². The maximum absolute atomic E-state index is 12.0. The van der Waals surface area contributed by atoms with Gasteiger partial charge >= 0.3 is 0 Å². The average Bonchev–Trinajstić information content (AvgIpc) is 3.31. The molecule has 1 aliphatic carbocycles. The minimum Gasteiger partial charge on any atom is -0.497 e. The van der Waals surface area contributed by atoms with Crippen LogP contribution in [0.1, 0.15) is 23.3 Å². The summed E-state index contributed by atoms with van der Waals surface area (Å²) in [7, 11) is 1.62. The van der Waals surface area contributed by atoms with Gasteiger partial charge in [0.2, 0.25) is 0 Å². The van der Waals surface area contributed by atoms with Gasteiger partial charge in [0.05, 0.1) is 7.11 Å². The Morgan fingerprint density at radius 2 is 2.14 bits per heavy atom. The third-order valence-electron chi connectivity index (χ3n) is 3.15. The SMILES string of the molecule is COc1cccc(Nc2cc(C(=O)NC3CC3)ncn2)c1. The molecule has 108 valence electrons. The first-order valence-electron chi connectivity index (χ1n) is 6.78. The standard InChI is InChI=1S/C15H16N4O2/c1-21-12-4-2-3-11(7-12)18-14-8-13(16-9-17-14)15(20)19-10-5-6-10/h2-4,7-10H,5-6H2,1H3,(H,19,20)(H,16,17,18). The monoisotopic (exact) mass is 284 g/mol. The lowest BCUT2D eigenvalue weighted by Gasteiger charge is -2.08. The molecule has 0 aliphatic heterocycles. The lowest BCUT2D eigenvalue weighted by atomic mass is 10.3. The van der Waals surface area contributed by atoms with Crippen molar-refractivity contribution in [1.29, 1.82) is 0 Å². The minimum absolute atomic E-state index is 0.159. The highest BCUT2D eigenvalue weighted by Gasteiger charge is 2.24.